The molecule has 1 N–H and O–H groups in total. The number of halogens is 1. The van der Waals surface area contributed by atoms with Gasteiger partial charge in [0.1, 0.15) is 11.8 Å². The molecule has 1 saturated heterocycles. The average Bonchev–Trinajstić information content (AvgIpc) is 3.48. The molecule has 3 heterocycles. The Balaban J connectivity index is 1.39. The first-order valence-corrected chi connectivity index (χ1v) is 10.0. The van der Waals surface area contributed by atoms with E-state index in [1.54, 1.807) is 6.20 Å². The van der Waals surface area contributed by atoms with Crippen molar-refractivity contribution in [2.24, 2.45) is 0 Å². The molecule has 2 aromatic heterocycles. The quantitative estimate of drug-likeness (QED) is 0.529. The summed E-state index contributed by atoms with van der Waals surface area (Å²) in [7, 11) is 0. The number of oxazole rings is 1. The van der Waals surface area contributed by atoms with E-state index < -0.39 is 0 Å². The molecule has 0 spiro atoms. The van der Waals surface area contributed by atoms with Crippen LogP contribution < -0.4 is 0 Å². The summed E-state index contributed by atoms with van der Waals surface area (Å²) in [4.78, 5) is 19.5. The summed E-state index contributed by atoms with van der Waals surface area (Å²) in [5.41, 5.74) is 2.28. The van der Waals surface area contributed by atoms with Gasteiger partial charge in [-0.15, -0.1) is 0 Å². The van der Waals surface area contributed by atoms with Crippen molar-refractivity contribution in [1.29, 1.82) is 0 Å². The Morgan fingerprint density at radius 2 is 2.03 bits per heavy atom. The summed E-state index contributed by atoms with van der Waals surface area (Å²) < 4.78 is 6.02. The second kappa shape index (κ2) is 7.37. The number of hydrogen-bond acceptors (Lipinski definition) is 4. The van der Waals surface area contributed by atoms with Crippen LogP contribution >= 0.6 is 11.6 Å². The summed E-state index contributed by atoms with van der Waals surface area (Å²) in [6.45, 7) is 0.660. The van der Waals surface area contributed by atoms with Crippen LogP contribution in [-0.2, 0) is 6.42 Å². The first-order valence-electron chi connectivity index (χ1n) is 9.63. The summed E-state index contributed by atoms with van der Waals surface area (Å²) >= 11 is 6.25. The Labute approximate surface area is 172 Å². The molecule has 1 aliphatic rings. The van der Waals surface area contributed by atoms with Gasteiger partial charge in [0, 0.05) is 23.4 Å². The van der Waals surface area contributed by atoms with E-state index >= 15 is 0 Å². The van der Waals surface area contributed by atoms with Crippen LogP contribution in [0.25, 0.3) is 10.9 Å². The third kappa shape index (κ3) is 3.29. The maximum Gasteiger partial charge on any atom is 0.275 e. The SMILES string of the molecule is O=C(c1n[nH]c2ccccc12)N1CCCC1c1ncc(Cc2ccccc2Cl)o1. The fourth-order valence-electron chi connectivity index (χ4n) is 3.92. The highest BCUT2D eigenvalue weighted by Gasteiger charge is 2.35. The van der Waals surface area contributed by atoms with Gasteiger partial charge in [0.15, 0.2) is 5.69 Å². The molecular formula is C22H19ClN4O2. The van der Waals surface area contributed by atoms with Crippen molar-refractivity contribution in [3.63, 3.8) is 0 Å². The highest BCUT2D eigenvalue weighted by Crippen LogP contribution is 2.34. The predicted octanol–water partition coefficient (Wildman–Crippen LogP) is 4.77. The van der Waals surface area contributed by atoms with Gasteiger partial charge in [0.2, 0.25) is 5.89 Å². The minimum Gasteiger partial charge on any atom is -0.443 e. The lowest BCUT2D eigenvalue weighted by Gasteiger charge is -2.21. The number of amides is 1. The lowest BCUT2D eigenvalue weighted by atomic mass is 10.1. The van der Waals surface area contributed by atoms with Crippen molar-refractivity contribution in [2.45, 2.75) is 25.3 Å². The largest absolute Gasteiger partial charge is 0.443 e. The number of fused-ring (bicyclic) bond motifs is 1. The van der Waals surface area contributed by atoms with Crippen molar-refractivity contribution in [1.82, 2.24) is 20.1 Å². The van der Waals surface area contributed by atoms with Crippen LogP contribution in [0.1, 0.15) is 46.6 Å². The van der Waals surface area contributed by atoms with Gasteiger partial charge in [-0.05, 0) is 30.5 Å². The molecular weight excluding hydrogens is 388 g/mol. The van der Waals surface area contributed by atoms with Gasteiger partial charge in [0.25, 0.3) is 5.91 Å². The van der Waals surface area contributed by atoms with Gasteiger partial charge < -0.3 is 9.32 Å². The molecule has 6 nitrogen and oxygen atoms in total. The van der Waals surface area contributed by atoms with E-state index in [4.69, 9.17) is 16.0 Å². The molecule has 29 heavy (non-hydrogen) atoms. The van der Waals surface area contributed by atoms with E-state index in [-0.39, 0.29) is 11.9 Å². The van der Waals surface area contributed by atoms with Crippen LogP contribution in [-0.4, -0.2) is 32.5 Å². The van der Waals surface area contributed by atoms with Crippen molar-refractivity contribution < 1.29 is 9.21 Å². The fourth-order valence-corrected chi connectivity index (χ4v) is 4.12. The molecule has 1 fully saturated rings. The van der Waals surface area contributed by atoms with Gasteiger partial charge >= 0.3 is 0 Å². The number of H-pyrrole nitrogens is 1. The van der Waals surface area contributed by atoms with Crippen LogP contribution in [0, 0.1) is 0 Å². The summed E-state index contributed by atoms with van der Waals surface area (Å²) in [5.74, 6) is 1.20. The third-order valence-electron chi connectivity index (χ3n) is 5.37. The van der Waals surface area contributed by atoms with E-state index in [0.717, 1.165) is 35.1 Å². The standard InChI is InChI=1S/C22H19ClN4O2/c23-17-8-3-1-6-14(17)12-15-13-24-21(29-15)19-10-5-11-27(19)22(28)20-16-7-2-4-9-18(16)25-26-20/h1-4,6-9,13,19H,5,10-12H2,(H,25,26). The maximum atomic E-state index is 13.2. The zero-order valence-electron chi connectivity index (χ0n) is 15.6. The van der Waals surface area contributed by atoms with Gasteiger partial charge in [-0.2, -0.15) is 5.10 Å². The minimum atomic E-state index is -0.182. The van der Waals surface area contributed by atoms with Crippen molar-refractivity contribution in [2.75, 3.05) is 6.54 Å². The van der Waals surface area contributed by atoms with E-state index in [2.05, 4.69) is 15.2 Å². The number of benzene rings is 2. The number of carbonyl (C=O) groups excluding carboxylic acids is 1. The molecule has 0 bridgehead atoms. The van der Waals surface area contributed by atoms with Crippen molar-refractivity contribution >= 4 is 28.4 Å². The third-order valence-corrected chi connectivity index (χ3v) is 5.73. The van der Waals surface area contributed by atoms with E-state index in [9.17, 15) is 4.79 Å². The van der Waals surface area contributed by atoms with Gasteiger partial charge in [-0.25, -0.2) is 4.98 Å². The van der Waals surface area contributed by atoms with Crippen LogP contribution in [0.4, 0.5) is 0 Å². The fraction of sp³-hybridized carbons (Fsp3) is 0.227. The van der Waals surface area contributed by atoms with Crippen LogP contribution in [0.2, 0.25) is 5.02 Å². The smallest absolute Gasteiger partial charge is 0.275 e. The Morgan fingerprint density at radius 3 is 2.93 bits per heavy atom. The molecule has 0 aliphatic carbocycles. The number of para-hydroxylation sites is 1. The summed E-state index contributed by atoms with van der Waals surface area (Å²) in [6.07, 6.45) is 4.02. The number of nitrogens with zero attached hydrogens (tertiary/aromatic N) is 3. The zero-order chi connectivity index (χ0) is 19.8. The average molecular weight is 407 g/mol. The van der Waals surface area contributed by atoms with E-state index in [1.165, 1.54) is 0 Å². The van der Waals surface area contributed by atoms with Crippen molar-refractivity contribution in [3.8, 4) is 0 Å². The van der Waals surface area contributed by atoms with Gasteiger partial charge in [-0.1, -0.05) is 48.0 Å². The molecule has 1 unspecified atom stereocenters. The number of aromatic nitrogens is 3. The molecule has 1 atom stereocenters. The molecule has 4 aromatic rings. The predicted molar refractivity (Wildman–Crippen MR) is 110 cm³/mol. The lowest BCUT2D eigenvalue weighted by Crippen LogP contribution is -2.31. The Morgan fingerprint density at radius 1 is 1.21 bits per heavy atom. The highest BCUT2D eigenvalue weighted by atomic mass is 35.5. The molecule has 5 rings (SSSR count). The first kappa shape index (κ1) is 17.9. The maximum absolute atomic E-state index is 13.2. The number of likely N-dealkylation sites (tertiary alicyclic amines) is 1. The molecule has 0 radical (unpaired) electrons. The van der Waals surface area contributed by atoms with Gasteiger partial charge in [-0.3, -0.25) is 9.89 Å². The number of carbonyl (C=O) groups is 1. The van der Waals surface area contributed by atoms with Crippen molar-refractivity contribution in [3.05, 3.63) is 82.7 Å². The Kier molecular flexibility index (Phi) is 4.56. The Bertz CT molecular complexity index is 1180. The first-order chi connectivity index (χ1) is 14.2. The second-order valence-corrected chi connectivity index (χ2v) is 7.61. The second-order valence-electron chi connectivity index (χ2n) is 7.21. The topological polar surface area (TPSA) is 75.0 Å². The van der Waals surface area contributed by atoms with Crippen LogP contribution in [0.3, 0.4) is 0 Å². The Hall–Kier alpha value is -3.12. The van der Waals surface area contributed by atoms with E-state index in [0.29, 0.717) is 29.6 Å². The van der Waals surface area contributed by atoms with Gasteiger partial charge in [0.05, 0.1) is 11.7 Å². The number of aromatic amines is 1. The number of nitrogens with one attached hydrogen (secondary N) is 1. The van der Waals surface area contributed by atoms with Crippen LogP contribution in [0.5, 0.6) is 0 Å². The molecule has 2 aromatic carbocycles. The number of rotatable bonds is 4. The minimum absolute atomic E-state index is 0.101. The number of hydrogen-bond donors (Lipinski definition) is 1. The monoisotopic (exact) mass is 406 g/mol. The molecule has 1 aliphatic heterocycles. The van der Waals surface area contributed by atoms with Crippen LogP contribution in [0.15, 0.2) is 59.1 Å². The van der Waals surface area contributed by atoms with E-state index in [1.807, 2.05) is 53.4 Å². The normalized spacial score (nSPS) is 16.6. The molecule has 0 saturated carbocycles. The molecule has 1 amide bonds. The molecule has 7 heteroatoms. The summed E-state index contributed by atoms with van der Waals surface area (Å²) in [5, 5.41) is 8.72. The molecule has 146 valence electrons. The zero-order valence-corrected chi connectivity index (χ0v) is 16.4. The lowest BCUT2D eigenvalue weighted by molar-refractivity contribution is 0.0710. The highest BCUT2D eigenvalue weighted by molar-refractivity contribution is 6.31. The summed E-state index contributed by atoms with van der Waals surface area (Å²) in [6, 6.07) is 15.1.